The third kappa shape index (κ3) is 2.65. The Kier molecular flexibility index (Phi) is 3.55. The molecule has 0 saturated heterocycles. The number of rotatable bonds is 4. The number of nitrogens with zero attached hydrogens (tertiary/aromatic N) is 4. The monoisotopic (exact) mass is 316 g/mol. The molecule has 0 amide bonds. The molecule has 0 aliphatic heterocycles. The van der Waals surface area contributed by atoms with Gasteiger partial charge >= 0.3 is 0 Å². The first-order chi connectivity index (χ1) is 11.8. The van der Waals surface area contributed by atoms with E-state index in [0.717, 1.165) is 5.56 Å². The molecule has 0 spiro atoms. The average Bonchev–Trinajstić information content (AvgIpc) is 3.03. The number of hydrogen-bond acceptors (Lipinski definition) is 5. The lowest BCUT2D eigenvalue weighted by atomic mass is 10.0. The second kappa shape index (κ2) is 6.00. The predicted molar refractivity (Wildman–Crippen MR) is 94.4 cm³/mol. The maximum atomic E-state index is 5.77. The van der Waals surface area contributed by atoms with Crippen LogP contribution in [0.1, 0.15) is 5.56 Å². The van der Waals surface area contributed by atoms with Crippen LogP contribution in [-0.4, -0.2) is 19.6 Å². The highest BCUT2D eigenvalue weighted by atomic mass is 15.3. The fraction of sp³-hybridized carbons (Fsp3) is 0.0556. The van der Waals surface area contributed by atoms with Crippen molar-refractivity contribution in [3.8, 4) is 11.1 Å². The van der Waals surface area contributed by atoms with Crippen LogP contribution in [0.25, 0.3) is 16.8 Å². The molecule has 24 heavy (non-hydrogen) atoms. The number of benzene rings is 2. The molecule has 2 heterocycles. The van der Waals surface area contributed by atoms with Gasteiger partial charge in [0.1, 0.15) is 0 Å². The third-order valence-corrected chi connectivity index (χ3v) is 3.85. The van der Waals surface area contributed by atoms with Gasteiger partial charge in [0.2, 0.25) is 11.6 Å². The van der Waals surface area contributed by atoms with Gasteiger partial charge in [-0.2, -0.15) is 0 Å². The second-order valence-corrected chi connectivity index (χ2v) is 5.45. The number of fused-ring (bicyclic) bond motifs is 1. The fourth-order valence-corrected chi connectivity index (χ4v) is 2.65. The highest BCUT2D eigenvalue weighted by Crippen LogP contribution is 2.21. The largest absolute Gasteiger partial charge is 0.368 e. The Morgan fingerprint density at radius 3 is 2.67 bits per heavy atom. The number of hydrogen-bond donors (Lipinski definition) is 2. The predicted octanol–water partition coefficient (Wildman–Crippen LogP) is 2.99. The minimum Gasteiger partial charge on any atom is -0.368 e. The van der Waals surface area contributed by atoms with Crippen molar-refractivity contribution in [1.29, 1.82) is 0 Å². The highest BCUT2D eigenvalue weighted by molar-refractivity contribution is 5.65. The zero-order chi connectivity index (χ0) is 16.4. The summed E-state index contributed by atoms with van der Waals surface area (Å²) in [7, 11) is 0. The minimum absolute atomic E-state index is 0.349. The van der Waals surface area contributed by atoms with Crippen molar-refractivity contribution in [3.05, 3.63) is 72.6 Å². The first-order valence-corrected chi connectivity index (χ1v) is 7.65. The molecule has 4 rings (SSSR count). The Labute approximate surface area is 139 Å². The van der Waals surface area contributed by atoms with E-state index in [2.05, 4.69) is 56.9 Å². The topological polar surface area (TPSA) is 81.1 Å². The van der Waals surface area contributed by atoms with Gasteiger partial charge in [0, 0.05) is 18.9 Å². The standard InChI is InChI=1S/C18H16N6/c19-18-23-22-17-16(20-9-10-24(17)18)21-12-13-5-4-8-15(11-13)14-6-2-1-3-7-14/h1-11H,12H2,(H2,19,23)(H,20,21). The zero-order valence-corrected chi connectivity index (χ0v) is 12.9. The summed E-state index contributed by atoms with van der Waals surface area (Å²) < 4.78 is 1.70. The van der Waals surface area contributed by atoms with Gasteiger partial charge in [-0.15, -0.1) is 10.2 Å². The molecule has 2 aromatic carbocycles. The molecule has 6 heteroatoms. The smallest absolute Gasteiger partial charge is 0.226 e. The molecule has 0 bridgehead atoms. The molecule has 0 aliphatic rings. The van der Waals surface area contributed by atoms with Crippen molar-refractivity contribution in [1.82, 2.24) is 19.6 Å². The quantitative estimate of drug-likeness (QED) is 0.605. The van der Waals surface area contributed by atoms with Gasteiger partial charge < -0.3 is 11.1 Å². The van der Waals surface area contributed by atoms with Crippen LogP contribution < -0.4 is 11.1 Å². The maximum absolute atomic E-state index is 5.77. The van der Waals surface area contributed by atoms with E-state index in [-0.39, 0.29) is 0 Å². The van der Waals surface area contributed by atoms with E-state index in [1.54, 1.807) is 16.8 Å². The summed E-state index contributed by atoms with van der Waals surface area (Å²) in [5.41, 5.74) is 9.94. The van der Waals surface area contributed by atoms with Crippen LogP contribution in [0.15, 0.2) is 67.0 Å². The van der Waals surface area contributed by atoms with E-state index in [0.29, 0.717) is 24.0 Å². The van der Waals surface area contributed by atoms with Crippen LogP contribution in [0.4, 0.5) is 11.8 Å². The summed E-state index contributed by atoms with van der Waals surface area (Å²) in [6, 6.07) is 18.7. The lowest BCUT2D eigenvalue weighted by Crippen LogP contribution is -2.04. The number of nitrogen functional groups attached to an aromatic ring is 1. The maximum Gasteiger partial charge on any atom is 0.226 e. The molecule has 0 atom stereocenters. The number of nitrogens with two attached hydrogens (primary N) is 1. The molecule has 0 aliphatic carbocycles. The molecule has 118 valence electrons. The average molecular weight is 316 g/mol. The van der Waals surface area contributed by atoms with Gasteiger partial charge in [0.05, 0.1) is 0 Å². The normalized spacial score (nSPS) is 10.8. The van der Waals surface area contributed by atoms with E-state index in [4.69, 9.17) is 5.73 Å². The number of anilines is 2. The van der Waals surface area contributed by atoms with Crippen LogP contribution >= 0.6 is 0 Å². The van der Waals surface area contributed by atoms with Crippen LogP contribution in [0.3, 0.4) is 0 Å². The van der Waals surface area contributed by atoms with Crippen LogP contribution in [0.2, 0.25) is 0 Å². The van der Waals surface area contributed by atoms with E-state index >= 15 is 0 Å². The number of aromatic nitrogens is 4. The molecule has 2 aromatic heterocycles. The molecular formula is C18H16N6. The molecule has 0 fully saturated rings. The molecule has 3 N–H and O–H groups in total. The molecule has 0 unspecified atom stereocenters. The summed E-state index contributed by atoms with van der Waals surface area (Å²) in [6.45, 7) is 0.639. The van der Waals surface area contributed by atoms with Crippen molar-refractivity contribution >= 4 is 17.4 Å². The van der Waals surface area contributed by atoms with Crippen LogP contribution in [0, 0.1) is 0 Å². The second-order valence-electron chi connectivity index (χ2n) is 5.45. The highest BCUT2D eigenvalue weighted by Gasteiger charge is 2.08. The Morgan fingerprint density at radius 1 is 0.958 bits per heavy atom. The third-order valence-electron chi connectivity index (χ3n) is 3.85. The lowest BCUT2D eigenvalue weighted by Gasteiger charge is -2.08. The molecule has 0 saturated carbocycles. The summed E-state index contributed by atoms with van der Waals surface area (Å²) >= 11 is 0. The van der Waals surface area contributed by atoms with Crippen LogP contribution in [0.5, 0.6) is 0 Å². The van der Waals surface area contributed by atoms with Gasteiger partial charge in [0.15, 0.2) is 5.82 Å². The first-order valence-electron chi connectivity index (χ1n) is 7.65. The summed E-state index contributed by atoms with van der Waals surface area (Å²) in [5.74, 6) is 1.01. The van der Waals surface area contributed by atoms with Crippen molar-refractivity contribution < 1.29 is 0 Å². The summed E-state index contributed by atoms with van der Waals surface area (Å²) in [4.78, 5) is 4.33. The minimum atomic E-state index is 0.349. The van der Waals surface area contributed by atoms with Gasteiger partial charge in [-0.1, -0.05) is 48.5 Å². The first kappa shape index (κ1) is 14.2. The Hall–Kier alpha value is -3.41. The lowest BCUT2D eigenvalue weighted by molar-refractivity contribution is 1.07. The van der Waals surface area contributed by atoms with Crippen molar-refractivity contribution in [2.45, 2.75) is 6.54 Å². The Bertz CT molecular complexity index is 977. The number of nitrogens with one attached hydrogen (secondary N) is 1. The zero-order valence-electron chi connectivity index (χ0n) is 12.9. The van der Waals surface area contributed by atoms with E-state index in [1.807, 2.05) is 18.2 Å². The van der Waals surface area contributed by atoms with Crippen molar-refractivity contribution in [2.24, 2.45) is 0 Å². The fourth-order valence-electron chi connectivity index (χ4n) is 2.65. The van der Waals surface area contributed by atoms with Gasteiger partial charge in [-0.25, -0.2) is 4.98 Å². The van der Waals surface area contributed by atoms with E-state index in [1.165, 1.54) is 11.1 Å². The molecule has 0 radical (unpaired) electrons. The van der Waals surface area contributed by atoms with Crippen molar-refractivity contribution in [3.63, 3.8) is 0 Å². The SMILES string of the molecule is Nc1nnc2c(NCc3cccc(-c4ccccc4)c3)nccn12. The van der Waals surface area contributed by atoms with E-state index < -0.39 is 0 Å². The summed E-state index contributed by atoms with van der Waals surface area (Å²) in [5, 5.41) is 11.2. The molecule has 6 nitrogen and oxygen atoms in total. The van der Waals surface area contributed by atoms with Crippen molar-refractivity contribution in [2.75, 3.05) is 11.1 Å². The van der Waals surface area contributed by atoms with Gasteiger partial charge in [-0.3, -0.25) is 4.40 Å². The van der Waals surface area contributed by atoms with Gasteiger partial charge in [0.25, 0.3) is 0 Å². The summed E-state index contributed by atoms with van der Waals surface area (Å²) in [6.07, 6.45) is 3.42. The van der Waals surface area contributed by atoms with Gasteiger partial charge in [-0.05, 0) is 22.8 Å². The Morgan fingerprint density at radius 2 is 1.79 bits per heavy atom. The molecular weight excluding hydrogens is 300 g/mol. The van der Waals surface area contributed by atoms with E-state index in [9.17, 15) is 0 Å². The van der Waals surface area contributed by atoms with Crippen LogP contribution in [-0.2, 0) is 6.54 Å². The molecule has 4 aromatic rings. The Balaban J connectivity index is 1.58.